The zero-order valence-electron chi connectivity index (χ0n) is 21.8. The Morgan fingerprint density at radius 1 is 1.14 bits per heavy atom. The molecule has 37 heavy (non-hydrogen) atoms. The Hall–Kier alpha value is -2.95. The molecule has 1 saturated carbocycles. The van der Waals surface area contributed by atoms with Gasteiger partial charge in [-0.25, -0.2) is 27.6 Å². The Morgan fingerprint density at radius 3 is 2.35 bits per heavy atom. The standard InChI is InChI=1S/C26H35FN4O5S/c1-17(2)35-26(32)30-11-9-20(10-12-30)15-31(14-19-5-6-19)24-18(3)25(29-16-28-24)36-23-8-7-21(13-22(23)27)37(4,33)34/h7-8,13,16-17,19-20H,5-6,9-12,14-15H2,1-4H3. The first-order chi connectivity index (χ1) is 17.5. The zero-order valence-corrected chi connectivity index (χ0v) is 22.6. The van der Waals surface area contributed by atoms with E-state index in [-0.39, 0.29) is 28.7 Å². The predicted molar refractivity (Wildman–Crippen MR) is 137 cm³/mol. The van der Waals surface area contributed by atoms with Gasteiger partial charge in [0.25, 0.3) is 0 Å². The lowest BCUT2D eigenvalue weighted by Crippen LogP contribution is -2.43. The number of carbonyl (C=O) groups excluding carboxylic acids is 1. The van der Waals surface area contributed by atoms with Gasteiger partial charge in [-0.15, -0.1) is 0 Å². The van der Waals surface area contributed by atoms with Crippen molar-refractivity contribution in [3.05, 3.63) is 35.9 Å². The highest BCUT2D eigenvalue weighted by Gasteiger charge is 2.30. The van der Waals surface area contributed by atoms with Gasteiger partial charge in [0.05, 0.1) is 16.6 Å². The largest absolute Gasteiger partial charge is 0.447 e. The molecule has 202 valence electrons. The smallest absolute Gasteiger partial charge is 0.410 e. The first-order valence-corrected chi connectivity index (χ1v) is 14.6. The fraction of sp³-hybridized carbons (Fsp3) is 0.577. The van der Waals surface area contributed by atoms with Gasteiger partial charge in [0, 0.05) is 32.4 Å². The maximum atomic E-state index is 14.6. The van der Waals surface area contributed by atoms with E-state index < -0.39 is 15.7 Å². The zero-order chi connectivity index (χ0) is 26.7. The number of benzene rings is 1. The lowest BCUT2D eigenvalue weighted by Gasteiger charge is -2.35. The van der Waals surface area contributed by atoms with E-state index in [1.807, 2.05) is 20.8 Å². The van der Waals surface area contributed by atoms with Crippen LogP contribution in [0.15, 0.2) is 29.4 Å². The van der Waals surface area contributed by atoms with Crippen LogP contribution < -0.4 is 9.64 Å². The van der Waals surface area contributed by atoms with E-state index in [1.165, 1.54) is 31.3 Å². The predicted octanol–water partition coefficient (Wildman–Crippen LogP) is 4.59. The highest BCUT2D eigenvalue weighted by molar-refractivity contribution is 7.90. The molecule has 11 heteroatoms. The molecule has 9 nitrogen and oxygen atoms in total. The molecule has 0 unspecified atom stereocenters. The molecule has 4 rings (SSSR count). The van der Waals surface area contributed by atoms with Crippen molar-refractivity contribution in [2.24, 2.45) is 11.8 Å². The van der Waals surface area contributed by atoms with Gasteiger partial charge >= 0.3 is 6.09 Å². The fourth-order valence-corrected chi connectivity index (χ4v) is 5.12. The highest BCUT2D eigenvalue weighted by atomic mass is 32.2. The average molecular weight is 535 g/mol. The molecule has 2 aromatic rings. The van der Waals surface area contributed by atoms with Crippen molar-refractivity contribution in [1.29, 1.82) is 0 Å². The Labute approximate surface area is 217 Å². The molecule has 0 bridgehead atoms. The lowest BCUT2D eigenvalue weighted by molar-refractivity contribution is 0.0657. The van der Waals surface area contributed by atoms with Crippen molar-refractivity contribution in [2.75, 3.05) is 37.3 Å². The van der Waals surface area contributed by atoms with E-state index in [2.05, 4.69) is 14.9 Å². The topological polar surface area (TPSA) is 102 Å². The molecule has 1 amide bonds. The van der Waals surface area contributed by atoms with Crippen LogP contribution in [0.1, 0.15) is 45.1 Å². The third kappa shape index (κ3) is 7.09. The van der Waals surface area contributed by atoms with E-state index >= 15 is 0 Å². The molecule has 2 heterocycles. The number of nitrogens with zero attached hydrogens (tertiary/aromatic N) is 4. The van der Waals surface area contributed by atoms with Gasteiger partial charge in [-0.05, 0) is 76.5 Å². The summed E-state index contributed by atoms with van der Waals surface area (Å²) in [5.41, 5.74) is 0.688. The van der Waals surface area contributed by atoms with E-state index in [1.54, 1.807) is 4.90 Å². The van der Waals surface area contributed by atoms with Gasteiger partial charge in [0.1, 0.15) is 12.1 Å². The average Bonchev–Trinajstić information content (AvgIpc) is 3.64. The molecule has 1 aromatic carbocycles. The summed E-state index contributed by atoms with van der Waals surface area (Å²) in [5, 5.41) is 0. The number of aromatic nitrogens is 2. The second-order valence-corrected chi connectivity index (χ2v) is 12.3. The normalized spacial score (nSPS) is 16.6. The van der Waals surface area contributed by atoms with E-state index in [0.29, 0.717) is 30.5 Å². The number of sulfone groups is 1. The number of piperidine rings is 1. The Morgan fingerprint density at radius 2 is 1.78 bits per heavy atom. The second-order valence-electron chi connectivity index (χ2n) is 10.3. The quantitative estimate of drug-likeness (QED) is 0.460. The molecule has 1 saturated heterocycles. The van der Waals surface area contributed by atoms with E-state index in [4.69, 9.17) is 9.47 Å². The minimum Gasteiger partial charge on any atom is -0.447 e. The van der Waals surface area contributed by atoms with Crippen LogP contribution in [-0.2, 0) is 14.6 Å². The van der Waals surface area contributed by atoms with Crippen LogP contribution in [0.3, 0.4) is 0 Å². The Kier molecular flexibility index (Phi) is 8.20. The molecule has 0 atom stereocenters. The number of rotatable bonds is 9. The molecule has 2 fully saturated rings. The molecule has 2 aliphatic rings. The van der Waals surface area contributed by atoms with Gasteiger partial charge < -0.3 is 19.3 Å². The molecule has 1 aliphatic heterocycles. The SMILES string of the molecule is Cc1c(Oc2ccc(S(C)(=O)=O)cc2F)ncnc1N(CC1CC1)CC1CCN(C(=O)OC(C)C)CC1. The number of hydrogen-bond acceptors (Lipinski definition) is 8. The van der Waals surface area contributed by atoms with Crippen molar-refractivity contribution >= 4 is 21.7 Å². The monoisotopic (exact) mass is 534 g/mol. The Bertz CT molecular complexity index is 1230. The van der Waals surface area contributed by atoms with E-state index in [9.17, 15) is 17.6 Å². The highest BCUT2D eigenvalue weighted by Crippen LogP contribution is 2.35. The molecular weight excluding hydrogens is 499 g/mol. The van der Waals surface area contributed by atoms with Crippen molar-refractivity contribution in [2.45, 2.75) is 57.5 Å². The number of carbonyl (C=O) groups is 1. The molecule has 1 aliphatic carbocycles. The van der Waals surface area contributed by atoms with Crippen LogP contribution in [0.4, 0.5) is 15.0 Å². The maximum Gasteiger partial charge on any atom is 0.410 e. The number of halogens is 1. The van der Waals surface area contributed by atoms with Crippen LogP contribution in [0.2, 0.25) is 0 Å². The minimum atomic E-state index is -3.53. The summed E-state index contributed by atoms with van der Waals surface area (Å²) < 4.78 is 49.2. The molecular formula is C26H35FN4O5S. The Balaban J connectivity index is 1.48. The first kappa shape index (κ1) is 27.1. The molecule has 0 radical (unpaired) electrons. The van der Waals surface area contributed by atoms with Gasteiger partial charge in [-0.1, -0.05) is 0 Å². The van der Waals surface area contributed by atoms with Crippen molar-refractivity contribution in [3.8, 4) is 11.6 Å². The molecule has 1 aromatic heterocycles. The summed E-state index contributed by atoms with van der Waals surface area (Å²) in [4.78, 5) is 24.9. The molecule has 0 N–H and O–H groups in total. The van der Waals surface area contributed by atoms with Gasteiger partial charge in [0.2, 0.25) is 5.88 Å². The number of hydrogen-bond donors (Lipinski definition) is 0. The van der Waals surface area contributed by atoms with Crippen molar-refractivity contribution < 1.29 is 27.1 Å². The number of amides is 1. The first-order valence-electron chi connectivity index (χ1n) is 12.7. The maximum absolute atomic E-state index is 14.6. The van der Waals surface area contributed by atoms with Crippen LogP contribution in [0.5, 0.6) is 11.6 Å². The summed E-state index contributed by atoms with van der Waals surface area (Å²) >= 11 is 0. The van der Waals surface area contributed by atoms with Crippen molar-refractivity contribution in [3.63, 3.8) is 0 Å². The number of ether oxygens (including phenoxy) is 2. The summed E-state index contributed by atoms with van der Waals surface area (Å²) in [6.45, 7) is 8.52. The summed E-state index contributed by atoms with van der Waals surface area (Å²) in [7, 11) is -3.53. The van der Waals surface area contributed by atoms with Crippen molar-refractivity contribution in [1.82, 2.24) is 14.9 Å². The summed E-state index contributed by atoms with van der Waals surface area (Å²) in [5.74, 6) is 1.09. The fourth-order valence-electron chi connectivity index (χ4n) is 4.49. The molecule has 0 spiro atoms. The second kappa shape index (κ2) is 11.2. The van der Waals surface area contributed by atoms with Crippen LogP contribution in [0, 0.1) is 24.6 Å². The summed E-state index contributed by atoms with van der Waals surface area (Å²) in [6, 6.07) is 3.56. The van der Waals surface area contributed by atoms with Crippen LogP contribution in [0.25, 0.3) is 0 Å². The van der Waals surface area contributed by atoms with Gasteiger partial charge in [0.15, 0.2) is 21.4 Å². The van der Waals surface area contributed by atoms with E-state index in [0.717, 1.165) is 44.1 Å². The summed E-state index contributed by atoms with van der Waals surface area (Å²) in [6.07, 6.45) is 6.15. The number of anilines is 1. The van der Waals surface area contributed by atoms with Gasteiger partial charge in [-0.2, -0.15) is 0 Å². The van der Waals surface area contributed by atoms with Crippen LogP contribution in [-0.4, -0.2) is 67.9 Å². The third-order valence-corrected chi connectivity index (χ3v) is 7.82. The lowest BCUT2D eigenvalue weighted by atomic mass is 9.96. The van der Waals surface area contributed by atoms with Crippen LogP contribution >= 0.6 is 0 Å². The van der Waals surface area contributed by atoms with Gasteiger partial charge in [-0.3, -0.25) is 0 Å². The number of likely N-dealkylation sites (tertiary alicyclic amines) is 1. The minimum absolute atomic E-state index is 0.102. The third-order valence-electron chi connectivity index (χ3n) is 6.71.